The maximum Gasteiger partial charge on any atom is 0.328 e. The van der Waals surface area contributed by atoms with E-state index in [9.17, 15) is 22.8 Å². The fraction of sp³-hybridized carbons (Fsp3) is 0.222. The molecular formula is C18H16F3NO3. The van der Waals surface area contributed by atoms with E-state index in [1.807, 2.05) is 0 Å². The molecule has 0 aliphatic carbocycles. The van der Waals surface area contributed by atoms with Gasteiger partial charge in [-0.05, 0) is 35.4 Å². The lowest BCUT2D eigenvalue weighted by Gasteiger charge is -2.17. The van der Waals surface area contributed by atoms with Gasteiger partial charge in [-0.3, -0.25) is 4.79 Å². The molecule has 0 unspecified atom stereocenters. The minimum Gasteiger partial charge on any atom is -0.467 e. The lowest BCUT2D eigenvalue weighted by Crippen LogP contribution is -2.43. The Kier molecular flexibility index (Phi) is 6.16. The van der Waals surface area contributed by atoms with Crippen molar-refractivity contribution < 1.29 is 27.5 Å². The number of rotatable bonds is 6. The summed E-state index contributed by atoms with van der Waals surface area (Å²) in [6.07, 6.45) is -0.293. The maximum atomic E-state index is 13.3. The maximum absolute atomic E-state index is 13.3. The predicted molar refractivity (Wildman–Crippen MR) is 84.1 cm³/mol. The molecule has 2 aromatic carbocycles. The standard InChI is InChI=1S/C18H16F3NO3/c1-25-18(24)16(8-11-3-2-4-13(19)5-11)22-17(23)9-12-6-14(20)10-15(21)7-12/h2-7,10,16H,8-9H2,1H3,(H,22,23)/t16-/m1/s1. The van der Waals surface area contributed by atoms with Crippen LogP contribution >= 0.6 is 0 Å². The van der Waals surface area contributed by atoms with Crippen LogP contribution in [0.2, 0.25) is 0 Å². The molecule has 132 valence electrons. The van der Waals surface area contributed by atoms with Crippen LogP contribution in [-0.4, -0.2) is 25.0 Å². The summed E-state index contributed by atoms with van der Waals surface area (Å²) in [5.41, 5.74) is 0.622. The number of ether oxygens (including phenoxy) is 1. The molecule has 0 bridgehead atoms. The zero-order valence-electron chi connectivity index (χ0n) is 13.4. The molecule has 0 heterocycles. The highest BCUT2D eigenvalue weighted by atomic mass is 19.1. The first-order valence-electron chi connectivity index (χ1n) is 7.44. The number of carbonyl (C=O) groups excluding carboxylic acids is 2. The van der Waals surface area contributed by atoms with E-state index in [-0.39, 0.29) is 18.4 Å². The Hall–Kier alpha value is -2.83. The molecule has 0 fully saturated rings. The van der Waals surface area contributed by atoms with Gasteiger partial charge in [-0.25, -0.2) is 18.0 Å². The number of amides is 1. The Morgan fingerprint density at radius 2 is 1.64 bits per heavy atom. The molecule has 4 nitrogen and oxygen atoms in total. The summed E-state index contributed by atoms with van der Waals surface area (Å²) >= 11 is 0. The van der Waals surface area contributed by atoms with Gasteiger partial charge in [0.05, 0.1) is 13.5 Å². The lowest BCUT2D eigenvalue weighted by molar-refractivity contribution is -0.145. The van der Waals surface area contributed by atoms with Crippen LogP contribution in [0.4, 0.5) is 13.2 Å². The first-order valence-corrected chi connectivity index (χ1v) is 7.44. The normalized spacial score (nSPS) is 11.7. The van der Waals surface area contributed by atoms with Gasteiger partial charge in [0.2, 0.25) is 5.91 Å². The summed E-state index contributed by atoms with van der Waals surface area (Å²) in [4.78, 5) is 23.9. The minimum absolute atomic E-state index is 0.0215. The van der Waals surface area contributed by atoms with E-state index >= 15 is 0 Å². The van der Waals surface area contributed by atoms with Gasteiger partial charge < -0.3 is 10.1 Å². The van der Waals surface area contributed by atoms with Crippen LogP contribution in [0.3, 0.4) is 0 Å². The zero-order valence-corrected chi connectivity index (χ0v) is 13.4. The van der Waals surface area contributed by atoms with E-state index in [0.29, 0.717) is 11.6 Å². The second-order valence-electron chi connectivity index (χ2n) is 5.43. The van der Waals surface area contributed by atoms with E-state index in [1.165, 1.54) is 18.2 Å². The molecule has 0 aromatic heterocycles. The third kappa shape index (κ3) is 5.63. The van der Waals surface area contributed by atoms with Crippen molar-refractivity contribution >= 4 is 11.9 Å². The van der Waals surface area contributed by atoms with Gasteiger partial charge in [0.25, 0.3) is 0 Å². The van der Waals surface area contributed by atoms with Crippen LogP contribution in [0.15, 0.2) is 42.5 Å². The summed E-state index contributed by atoms with van der Waals surface area (Å²) < 4.78 is 44.2. The first kappa shape index (κ1) is 18.5. The number of methoxy groups -OCH3 is 1. The van der Waals surface area contributed by atoms with Crippen molar-refractivity contribution in [2.24, 2.45) is 0 Å². The number of halogens is 3. The van der Waals surface area contributed by atoms with Crippen molar-refractivity contribution in [1.29, 1.82) is 0 Å². The van der Waals surface area contributed by atoms with Crippen molar-refractivity contribution in [2.75, 3.05) is 7.11 Å². The molecule has 0 saturated heterocycles. The van der Waals surface area contributed by atoms with Crippen LogP contribution < -0.4 is 5.32 Å². The number of esters is 1. The van der Waals surface area contributed by atoms with Crippen molar-refractivity contribution in [3.8, 4) is 0 Å². The monoisotopic (exact) mass is 351 g/mol. The Bertz CT molecular complexity index is 760. The fourth-order valence-corrected chi connectivity index (χ4v) is 2.38. The average molecular weight is 351 g/mol. The largest absolute Gasteiger partial charge is 0.467 e. The summed E-state index contributed by atoms with van der Waals surface area (Å²) in [7, 11) is 1.16. The highest BCUT2D eigenvalue weighted by Gasteiger charge is 2.22. The third-order valence-corrected chi connectivity index (χ3v) is 3.44. The van der Waals surface area contributed by atoms with Gasteiger partial charge >= 0.3 is 5.97 Å². The smallest absolute Gasteiger partial charge is 0.328 e. The Balaban J connectivity index is 2.08. The van der Waals surface area contributed by atoms with Gasteiger partial charge in [-0.1, -0.05) is 12.1 Å². The van der Waals surface area contributed by atoms with Crippen molar-refractivity contribution in [3.63, 3.8) is 0 Å². The second-order valence-corrected chi connectivity index (χ2v) is 5.43. The molecule has 1 amide bonds. The number of carbonyl (C=O) groups is 2. The molecule has 1 N–H and O–H groups in total. The van der Waals surface area contributed by atoms with E-state index in [2.05, 4.69) is 10.1 Å². The SMILES string of the molecule is COC(=O)[C@@H](Cc1cccc(F)c1)NC(=O)Cc1cc(F)cc(F)c1. The molecule has 0 aliphatic rings. The van der Waals surface area contributed by atoms with Crippen LogP contribution in [-0.2, 0) is 27.2 Å². The summed E-state index contributed by atoms with van der Waals surface area (Å²) in [5.74, 6) is -3.39. The van der Waals surface area contributed by atoms with Crippen molar-refractivity contribution in [3.05, 3.63) is 71.0 Å². The molecule has 0 radical (unpaired) electrons. The summed E-state index contributed by atoms with van der Waals surface area (Å²) in [5, 5.41) is 2.44. The summed E-state index contributed by atoms with van der Waals surface area (Å²) in [6.45, 7) is 0. The minimum atomic E-state index is -1.04. The quantitative estimate of drug-likeness (QED) is 0.814. The molecular weight excluding hydrogens is 335 g/mol. The van der Waals surface area contributed by atoms with Crippen LogP contribution in [0.1, 0.15) is 11.1 Å². The highest BCUT2D eigenvalue weighted by Crippen LogP contribution is 2.10. The Labute approximate surface area is 142 Å². The van der Waals surface area contributed by atoms with Crippen molar-refractivity contribution in [2.45, 2.75) is 18.9 Å². The Morgan fingerprint density at radius 3 is 2.24 bits per heavy atom. The zero-order chi connectivity index (χ0) is 18.4. The van der Waals surface area contributed by atoms with E-state index in [4.69, 9.17) is 0 Å². The average Bonchev–Trinajstić information content (AvgIpc) is 2.52. The van der Waals surface area contributed by atoms with Gasteiger partial charge in [0.1, 0.15) is 23.5 Å². The molecule has 25 heavy (non-hydrogen) atoms. The summed E-state index contributed by atoms with van der Waals surface area (Å²) in [6, 6.07) is 7.30. The first-order chi connectivity index (χ1) is 11.9. The second kappa shape index (κ2) is 8.32. The number of hydrogen-bond donors (Lipinski definition) is 1. The molecule has 0 saturated carbocycles. The van der Waals surface area contributed by atoms with Crippen LogP contribution in [0.5, 0.6) is 0 Å². The number of hydrogen-bond acceptors (Lipinski definition) is 3. The molecule has 1 atom stereocenters. The predicted octanol–water partition coefficient (Wildman–Crippen LogP) is 2.55. The van der Waals surface area contributed by atoms with Crippen LogP contribution in [0, 0.1) is 17.5 Å². The number of nitrogens with one attached hydrogen (secondary N) is 1. The highest BCUT2D eigenvalue weighted by molar-refractivity contribution is 5.85. The fourth-order valence-electron chi connectivity index (χ4n) is 2.38. The van der Waals surface area contributed by atoms with E-state index in [1.54, 1.807) is 6.07 Å². The molecule has 0 aliphatic heterocycles. The molecule has 2 rings (SSSR count). The third-order valence-electron chi connectivity index (χ3n) is 3.44. The lowest BCUT2D eigenvalue weighted by atomic mass is 10.0. The number of benzene rings is 2. The Morgan fingerprint density at radius 1 is 1.00 bits per heavy atom. The van der Waals surface area contributed by atoms with E-state index < -0.39 is 35.4 Å². The molecule has 2 aromatic rings. The van der Waals surface area contributed by atoms with Gasteiger partial charge in [0, 0.05) is 12.5 Å². The van der Waals surface area contributed by atoms with E-state index in [0.717, 1.165) is 19.2 Å². The van der Waals surface area contributed by atoms with Gasteiger partial charge in [-0.2, -0.15) is 0 Å². The van der Waals surface area contributed by atoms with Crippen molar-refractivity contribution in [1.82, 2.24) is 5.32 Å². The molecule has 7 heteroatoms. The van der Waals surface area contributed by atoms with Gasteiger partial charge in [0.15, 0.2) is 0 Å². The van der Waals surface area contributed by atoms with Crippen LogP contribution in [0.25, 0.3) is 0 Å². The topological polar surface area (TPSA) is 55.4 Å². The molecule has 0 spiro atoms. The van der Waals surface area contributed by atoms with Gasteiger partial charge in [-0.15, -0.1) is 0 Å².